The number of benzene rings is 1. The summed E-state index contributed by atoms with van der Waals surface area (Å²) in [7, 11) is 0. The Bertz CT molecular complexity index is 416. The average molecular weight is 247 g/mol. The number of hydrogen-bond donors (Lipinski definition) is 2. The Morgan fingerprint density at radius 1 is 1.39 bits per heavy atom. The Kier molecular flexibility index (Phi) is 3.87. The maximum atomic E-state index is 11.0. The summed E-state index contributed by atoms with van der Waals surface area (Å²) >= 11 is 0. The fraction of sp³-hybridized carbons (Fsp3) is 0.500. The lowest BCUT2D eigenvalue weighted by atomic mass is 9.90. The van der Waals surface area contributed by atoms with Crippen LogP contribution in [0.15, 0.2) is 24.3 Å². The van der Waals surface area contributed by atoms with Crippen molar-refractivity contribution in [2.24, 2.45) is 17.4 Å². The topological polar surface area (TPSA) is 72.3 Å². The molecule has 18 heavy (non-hydrogen) atoms. The van der Waals surface area contributed by atoms with Gasteiger partial charge < -0.3 is 16.4 Å². The van der Waals surface area contributed by atoms with E-state index in [0.717, 1.165) is 12.2 Å². The highest BCUT2D eigenvalue weighted by Gasteiger charge is 2.27. The van der Waals surface area contributed by atoms with Crippen LogP contribution >= 0.6 is 0 Å². The lowest BCUT2D eigenvalue weighted by Gasteiger charge is -2.41. The van der Waals surface area contributed by atoms with Crippen molar-refractivity contribution in [1.29, 1.82) is 0 Å². The van der Waals surface area contributed by atoms with Crippen LogP contribution in [0.25, 0.3) is 0 Å². The predicted molar refractivity (Wildman–Crippen MR) is 73.5 cm³/mol. The molecule has 98 valence electrons. The van der Waals surface area contributed by atoms with E-state index in [1.807, 2.05) is 12.1 Å². The number of nitrogens with zero attached hydrogens (tertiary/aromatic N) is 1. The summed E-state index contributed by atoms with van der Waals surface area (Å²) in [5.41, 5.74) is 12.8. The van der Waals surface area contributed by atoms with Gasteiger partial charge in [-0.05, 0) is 43.0 Å². The first-order valence-corrected chi connectivity index (χ1v) is 6.50. The Hall–Kier alpha value is -1.55. The van der Waals surface area contributed by atoms with E-state index in [-0.39, 0.29) is 5.91 Å². The van der Waals surface area contributed by atoms with Gasteiger partial charge in [-0.25, -0.2) is 0 Å². The van der Waals surface area contributed by atoms with Gasteiger partial charge in [-0.1, -0.05) is 6.92 Å². The summed E-state index contributed by atoms with van der Waals surface area (Å²) in [6, 6.07) is 7.87. The third kappa shape index (κ3) is 2.48. The third-order valence-corrected chi connectivity index (χ3v) is 3.84. The van der Waals surface area contributed by atoms with E-state index in [2.05, 4.69) is 11.8 Å². The minimum Gasteiger partial charge on any atom is -0.367 e. The second-order valence-corrected chi connectivity index (χ2v) is 5.03. The SMILES string of the molecule is CC1CCCN(c2ccc(C(N)=O)cc2)C1CN. The number of carbonyl (C=O) groups is 1. The van der Waals surface area contributed by atoms with Crippen molar-refractivity contribution < 1.29 is 4.79 Å². The highest BCUT2D eigenvalue weighted by atomic mass is 16.1. The van der Waals surface area contributed by atoms with Crippen molar-refractivity contribution >= 4 is 11.6 Å². The molecule has 0 aromatic heterocycles. The second kappa shape index (κ2) is 5.40. The van der Waals surface area contributed by atoms with Crippen molar-refractivity contribution in [3.05, 3.63) is 29.8 Å². The zero-order valence-corrected chi connectivity index (χ0v) is 10.8. The molecular formula is C14H21N3O. The third-order valence-electron chi connectivity index (χ3n) is 3.84. The average Bonchev–Trinajstić information content (AvgIpc) is 2.38. The molecule has 1 aliphatic rings. The zero-order chi connectivity index (χ0) is 13.1. The number of primary amides is 1. The van der Waals surface area contributed by atoms with E-state index >= 15 is 0 Å². The summed E-state index contributed by atoms with van der Waals surface area (Å²) in [6.07, 6.45) is 2.42. The number of nitrogens with two attached hydrogens (primary N) is 2. The van der Waals surface area contributed by atoms with E-state index < -0.39 is 0 Å². The molecule has 1 aromatic carbocycles. The number of rotatable bonds is 3. The molecule has 2 atom stereocenters. The van der Waals surface area contributed by atoms with Crippen LogP contribution in [0.1, 0.15) is 30.1 Å². The molecule has 1 saturated heterocycles. The molecule has 1 aliphatic heterocycles. The maximum Gasteiger partial charge on any atom is 0.248 e. The van der Waals surface area contributed by atoms with Gasteiger partial charge in [0.25, 0.3) is 0 Å². The molecule has 4 heteroatoms. The summed E-state index contributed by atoms with van der Waals surface area (Å²) in [5, 5.41) is 0. The van der Waals surface area contributed by atoms with E-state index in [4.69, 9.17) is 11.5 Å². The highest BCUT2D eigenvalue weighted by molar-refractivity contribution is 5.93. The number of carbonyl (C=O) groups excluding carboxylic acids is 1. The second-order valence-electron chi connectivity index (χ2n) is 5.03. The van der Waals surface area contributed by atoms with Crippen molar-refractivity contribution in [3.63, 3.8) is 0 Å². The quantitative estimate of drug-likeness (QED) is 0.847. The van der Waals surface area contributed by atoms with Gasteiger partial charge in [-0.3, -0.25) is 4.79 Å². The smallest absolute Gasteiger partial charge is 0.248 e. The first kappa shape index (κ1) is 12.9. The van der Waals surface area contributed by atoms with Crippen LogP contribution in [0.4, 0.5) is 5.69 Å². The standard InChI is InChI=1S/C14H21N3O/c1-10-3-2-8-17(13(10)9-15)12-6-4-11(5-7-12)14(16)18/h4-7,10,13H,2-3,8-9,15H2,1H3,(H2,16,18). The molecule has 0 spiro atoms. The first-order chi connectivity index (χ1) is 8.63. The Labute approximate surface area is 108 Å². The van der Waals surface area contributed by atoms with Crippen LogP contribution in [0.2, 0.25) is 0 Å². The van der Waals surface area contributed by atoms with Gasteiger partial charge in [-0.15, -0.1) is 0 Å². The summed E-state index contributed by atoms with van der Waals surface area (Å²) < 4.78 is 0. The molecule has 1 amide bonds. The van der Waals surface area contributed by atoms with Crippen LogP contribution in [0, 0.1) is 5.92 Å². The molecule has 0 aliphatic carbocycles. The molecule has 1 heterocycles. The van der Waals surface area contributed by atoms with E-state index in [0.29, 0.717) is 24.1 Å². The first-order valence-electron chi connectivity index (χ1n) is 6.50. The molecule has 0 radical (unpaired) electrons. The lowest BCUT2D eigenvalue weighted by molar-refractivity contribution is 0.100. The lowest BCUT2D eigenvalue weighted by Crippen LogP contribution is -2.48. The minimum absolute atomic E-state index is 0.385. The van der Waals surface area contributed by atoms with Crippen LogP contribution in [-0.2, 0) is 0 Å². The molecule has 4 nitrogen and oxygen atoms in total. The minimum atomic E-state index is -0.385. The molecular weight excluding hydrogens is 226 g/mol. The van der Waals surface area contributed by atoms with Crippen LogP contribution in [-0.4, -0.2) is 25.0 Å². The fourth-order valence-electron chi connectivity index (χ4n) is 2.75. The van der Waals surface area contributed by atoms with Crippen LogP contribution in [0.3, 0.4) is 0 Å². The fourth-order valence-corrected chi connectivity index (χ4v) is 2.75. The van der Waals surface area contributed by atoms with E-state index in [9.17, 15) is 4.79 Å². The molecule has 4 N–H and O–H groups in total. The van der Waals surface area contributed by atoms with Gasteiger partial charge >= 0.3 is 0 Å². The van der Waals surface area contributed by atoms with Gasteiger partial charge in [0.1, 0.15) is 0 Å². The Balaban J connectivity index is 2.21. The van der Waals surface area contributed by atoms with Crippen molar-refractivity contribution in [3.8, 4) is 0 Å². The number of amides is 1. The number of hydrogen-bond acceptors (Lipinski definition) is 3. The highest BCUT2D eigenvalue weighted by Crippen LogP contribution is 2.28. The van der Waals surface area contributed by atoms with Gasteiger partial charge in [0.15, 0.2) is 0 Å². The summed E-state index contributed by atoms with van der Waals surface area (Å²) in [4.78, 5) is 13.4. The van der Waals surface area contributed by atoms with Crippen molar-refractivity contribution in [2.75, 3.05) is 18.0 Å². The van der Waals surface area contributed by atoms with Crippen molar-refractivity contribution in [2.45, 2.75) is 25.8 Å². The maximum absolute atomic E-state index is 11.0. The van der Waals surface area contributed by atoms with Gasteiger partial charge in [-0.2, -0.15) is 0 Å². The van der Waals surface area contributed by atoms with Gasteiger partial charge in [0.2, 0.25) is 5.91 Å². The monoisotopic (exact) mass is 247 g/mol. The molecule has 1 aromatic rings. The predicted octanol–water partition coefficient (Wildman–Crippen LogP) is 1.35. The summed E-state index contributed by atoms with van der Waals surface area (Å²) in [5.74, 6) is 0.225. The molecule has 0 saturated carbocycles. The Morgan fingerprint density at radius 3 is 2.61 bits per heavy atom. The van der Waals surface area contributed by atoms with Crippen molar-refractivity contribution in [1.82, 2.24) is 0 Å². The largest absolute Gasteiger partial charge is 0.367 e. The molecule has 2 unspecified atom stereocenters. The van der Waals surface area contributed by atoms with E-state index in [1.54, 1.807) is 12.1 Å². The zero-order valence-electron chi connectivity index (χ0n) is 10.8. The van der Waals surface area contributed by atoms with Gasteiger partial charge in [0.05, 0.1) is 0 Å². The normalized spacial score (nSPS) is 24.0. The summed E-state index contributed by atoms with van der Waals surface area (Å²) in [6.45, 7) is 3.95. The molecule has 2 rings (SSSR count). The van der Waals surface area contributed by atoms with Crippen LogP contribution < -0.4 is 16.4 Å². The van der Waals surface area contributed by atoms with E-state index in [1.165, 1.54) is 12.8 Å². The van der Waals surface area contributed by atoms with Crippen LogP contribution in [0.5, 0.6) is 0 Å². The molecule has 0 bridgehead atoms. The number of anilines is 1. The van der Waals surface area contributed by atoms with Gasteiger partial charge in [0, 0.05) is 30.4 Å². The number of piperidine rings is 1. The Morgan fingerprint density at radius 2 is 2.06 bits per heavy atom. The molecule has 1 fully saturated rings.